The molecule has 0 spiro atoms. The number of nitrogens with one attached hydrogen (secondary N) is 1. The van der Waals surface area contributed by atoms with E-state index in [-0.39, 0.29) is 12.3 Å². The molecule has 1 aliphatic carbocycles. The van der Waals surface area contributed by atoms with Crippen LogP contribution < -0.4 is 10.4 Å². The van der Waals surface area contributed by atoms with Gasteiger partial charge in [-0.3, -0.25) is 14.9 Å². The van der Waals surface area contributed by atoms with Gasteiger partial charge in [-0.2, -0.15) is 4.98 Å². The minimum Gasteiger partial charge on any atom is -0.379 e. The number of pyridine rings is 1. The maximum atomic E-state index is 11.9. The number of hydroxylamine groups is 1. The molecule has 10 nitrogen and oxygen atoms in total. The van der Waals surface area contributed by atoms with Crippen LogP contribution in [0.3, 0.4) is 0 Å². The lowest BCUT2D eigenvalue weighted by atomic mass is 9.84. The highest BCUT2D eigenvalue weighted by Crippen LogP contribution is 2.32. The summed E-state index contributed by atoms with van der Waals surface area (Å²) in [6, 6.07) is 4.54. The van der Waals surface area contributed by atoms with Crippen LogP contribution in [0.25, 0.3) is 11.4 Å². The number of ether oxygens (including phenoxy) is 1. The third kappa shape index (κ3) is 6.22. The lowest BCUT2D eigenvalue weighted by Gasteiger charge is -2.47. The highest BCUT2D eigenvalue weighted by atomic mass is 16.5. The Morgan fingerprint density at radius 1 is 1.17 bits per heavy atom. The lowest BCUT2D eigenvalue weighted by Crippen LogP contribution is -2.61. The average molecular weight is 499 g/mol. The Bertz CT molecular complexity index is 965. The van der Waals surface area contributed by atoms with E-state index in [1.165, 1.54) is 32.1 Å². The molecule has 0 aromatic carbocycles. The number of nitrogens with zero attached hydrogens (tertiary/aromatic N) is 5. The van der Waals surface area contributed by atoms with Crippen molar-refractivity contribution >= 4 is 11.7 Å². The topological polar surface area (TPSA) is 117 Å². The van der Waals surface area contributed by atoms with Crippen molar-refractivity contribution in [1.82, 2.24) is 25.5 Å². The van der Waals surface area contributed by atoms with E-state index in [2.05, 4.69) is 24.9 Å². The smallest absolute Gasteiger partial charge is 0.244 e. The quantitative estimate of drug-likeness (QED) is 0.375. The molecule has 1 saturated carbocycles. The van der Waals surface area contributed by atoms with Gasteiger partial charge in [0.15, 0.2) is 0 Å². The summed E-state index contributed by atoms with van der Waals surface area (Å²) >= 11 is 0. The minimum absolute atomic E-state index is 0.124. The van der Waals surface area contributed by atoms with Crippen molar-refractivity contribution in [3.8, 4) is 11.4 Å². The molecule has 2 aromatic rings. The van der Waals surface area contributed by atoms with Gasteiger partial charge in [0.25, 0.3) is 0 Å². The monoisotopic (exact) mass is 498 g/mol. The van der Waals surface area contributed by atoms with Crippen LogP contribution in [0, 0.1) is 5.92 Å². The SMILES string of the molecule is O=C(CC(CCCC1CCCCC1)c1nc(-c2ccc(N3CC(N4CCOCC4)C3)nc2)no1)NO. The Balaban J connectivity index is 1.17. The van der Waals surface area contributed by atoms with E-state index in [1.54, 1.807) is 11.7 Å². The number of morpholine rings is 1. The van der Waals surface area contributed by atoms with Crippen LogP contribution in [0.1, 0.15) is 69.6 Å². The molecule has 3 fully saturated rings. The lowest BCUT2D eigenvalue weighted by molar-refractivity contribution is -0.129. The fraction of sp³-hybridized carbons (Fsp3) is 0.692. The van der Waals surface area contributed by atoms with Crippen LogP contribution in [0.5, 0.6) is 0 Å². The van der Waals surface area contributed by atoms with Crippen molar-refractivity contribution in [2.24, 2.45) is 5.92 Å². The normalized spacial score (nSPS) is 20.8. The Labute approximate surface area is 212 Å². The van der Waals surface area contributed by atoms with Gasteiger partial charge < -0.3 is 14.2 Å². The molecule has 2 N–H and O–H groups in total. The highest BCUT2D eigenvalue weighted by Gasteiger charge is 2.33. The summed E-state index contributed by atoms with van der Waals surface area (Å²) < 4.78 is 11.0. The Hall–Kier alpha value is -2.56. The van der Waals surface area contributed by atoms with E-state index < -0.39 is 5.91 Å². The molecule has 1 amide bonds. The second kappa shape index (κ2) is 12.1. The average Bonchev–Trinajstić information content (AvgIpc) is 3.39. The van der Waals surface area contributed by atoms with Crippen LogP contribution >= 0.6 is 0 Å². The molecule has 0 bridgehead atoms. The molecule has 1 atom stereocenters. The van der Waals surface area contributed by atoms with Crippen molar-refractivity contribution < 1.29 is 19.3 Å². The fourth-order valence-electron chi connectivity index (χ4n) is 5.75. The molecule has 10 heteroatoms. The first-order valence-electron chi connectivity index (χ1n) is 13.5. The van der Waals surface area contributed by atoms with Crippen molar-refractivity contribution in [3.05, 3.63) is 24.2 Å². The summed E-state index contributed by atoms with van der Waals surface area (Å²) in [6.07, 6.45) is 11.5. The van der Waals surface area contributed by atoms with E-state index in [0.717, 1.165) is 76.0 Å². The first-order chi connectivity index (χ1) is 17.7. The minimum atomic E-state index is -0.437. The summed E-state index contributed by atoms with van der Waals surface area (Å²) in [5, 5.41) is 13.2. The van der Waals surface area contributed by atoms with Crippen LogP contribution in [0.4, 0.5) is 5.82 Å². The maximum absolute atomic E-state index is 11.9. The summed E-state index contributed by atoms with van der Waals surface area (Å²) in [6.45, 7) is 5.62. The summed E-state index contributed by atoms with van der Waals surface area (Å²) in [5.74, 6) is 2.00. The van der Waals surface area contributed by atoms with Gasteiger partial charge in [0.05, 0.1) is 13.2 Å². The molecule has 4 heterocycles. The molecule has 36 heavy (non-hydrogen) atoms. The summed E-state index contributed by atoms with van der Waals surface area (Å²) in [7, 11) is 0. The van der Waals surface area contributed by atoms with Gasteiger partial charge in [-0.25, -0.2) is 10.5 Å². The highest BCUT2D eigenvalue weighted by molar-refractivity contribution is 5.75. The van der Waals surface area contributed by atoms with Gasteiger partial charge in [-0.15, -0.1) is 0 Å². The number of carbonyl (C=O) groups is 1. The number of carbonyl (C=O) groups excluding carboxylic acids is 1. The zero-order valence-electron chi connectivity index (χ0n) is 21.0. The number of anilines is 1. The van der Waals surface area contributed by atoms with Crippen molar-refractivity contribution in [3.63, 3.8) is 0 Å². The Morgan fingerprint density at radius 2 is 1.97 bits per heavy atom. The molecular weight excluding hydrogens is 460 g/mol. The number of aromatic nitrogens is 3. The zero-order valence-corrected chi connectivity index (χ0v) is 21.0. The Morgan fingerprint density at radius 3 is 2.69 bits per heavy atom. The second-order valence-electron chi connectivity index (χ2n) is 10.4. The Kier molecular flexibility index (Phi) is 8.45. The van der Waals surface area contributed by atoms with E-state index in [0.29, 0.717) is 17.8 Å². The molecule has 3 aliphatic rings. The first-order valence-corrected chi connectivity index (χ1v) is 13.5. The van der Waals surface area contributed by atoms with Crippen molar-refractivity contribution in [2.45, 2.75) is 69.7 Å². The first kappa shape index (κ1) is 25.1. The summed E-state index contributed by atoms with van der Waals surface area (Å²) in [5.41, 5.74) is 2.53. The number of hydrogen-bond donors (Lipinski definition) is 2. The van der Waals surface area contributed by atoms with E-state index in [1.807, 2.05) is 12.1 Å². The van der Waals surface area contributed by atoms with Gasteiger partial charge in [-0.05, 0) is 24.5 Å². The third-order valence-corrected chi connectivity index (χ3v) is 7.99. The van der Waals surface area contributed by atoms with E-state index >= 15 is 0 Å². The van der Waals surface area contributed by atoms with E-state index in [4.69, 9.17) is 14.5 Å². The van der Waals surface area contributed by atoms with Gasteiger partial charge in [0.2, 0.25) is 17.6 Å². The molecule has 1 unspecified atom stereocenters. The number of amides is 1. The van der Waals surface area contributed by atoms with Gasteiger partial charge >= 0.3 is 0 Å². The van der Waals surface area contributed by atoms with Gasteiger partial charge in [0.1, 0.15) is 5.82 Å². The molecule has 2 saturated heterocycles. The van der Waals surface area contributed by atoms with E-state index in [9.17, 15) is 4.79 Å². The van der Waals surface area contributed by atoms with Crippen molar-refractivity contribution in [2.75, 3.05) is 44.3 Å². The fourth-order valence-corrected chi connectivity index (χ4v) is 5.75. The van der Waals surface area contributed by atoms with Crippen LogP contribution in [0.2, 0.25) is 0 Å². The summed E-state index contributed by atoms with van der Waals surface area (Å²) in [4.78, 5) is 25.9. The molecular formula is C26H38N6O4. The van der Waals surface area contributed by atoms with Crippen LogP contribution in [-0.4, -0.2) is 76.6 Å². The largest absolute Gasteiger partial charge is 0.379 e. The number of hydrogen-bond acceptors (Lipinski definition) is 9. The molecule has 2 aliphatic heterocycles. The van der Waals surface area contributed by atoms with Gasteiger partial charge in [-0.1, -0.05) is 50.1 Å². The van der Waals surface area contributed by atoms with Crippen LogP contribution in [-0.2, 0) is 9.53 Å². The maximum Gasteiger partial charge on any atom is 0.244 e. The van der Waals surface area contributed by atoms with Crippen molar-refractivity contribution in [1.29, 1.82) is 0 Å². The predicted octanol–water partition coefficient (Wildman–Crippen LogP) is 3.38. The third-order valence-electron chi connectivity index (χ3n) is 7.99. The molecule has 5 rings (SSSR count). The zero-order chi connectivity index (χ0) is 24.7. The molecule has 196 valence electrons. The molecule has 0 radical (unpaired) electrons. The standard InChI is InChI=1S/C26H38N6O4/c33-24(29-34)15-20(8-4-7-19-5-2-1-3-6-19)26-28-25(30-36-26)21-9-10-23(27-16-21)32-17-22(18-32)31-11-13-35-14-12-31/h9-10,16,19-20,22,34H,1-8,11-15,17-18H2,(H,29,33). The number of rotatable bonds is 10. The molecule has 2 aromatic heterocycles. The van der Waals surface area contributed by atoms with Gasteiger partial charge in [0, 0.05) is 56.3 Å². The predicted molar refractivity (Wildman–Crippen MR) is 134 cm³/mol. The van der Waals surface area contributed by atoms with Crippen LogP contribution in [0.15, 0.2) is 22.9 Å². The second-order valence-corrected chi connectivity index (χ2v) is 10.4.